The summed E-state index contributed by atoms with van der Waals surface area (Å²) in [5.74, 6) is -1.23. The fraction of sp³-hybridized carbons (Fsp3) is 0.417. The number of sulfonamides is 1. The van der Waals surface area contributed by atoms with Gasteiger partial charge in [-0.1, -0.05) is 31.4 Å². The van der Waals surface area contributed by atoms with Crippen LogP contribution in [0.15, 0.2) is 47.5 Å². The summed E-state index contributed by atoms with van der Waals surface area (Å²) in [6.07, 6.45) is 6.91. The van der Waals surface area contributed by atoms with Gasteiger partial charge in [0.15, 0.2) is 0 Å². The van der Waals surface area contributed by atoms with Crippen molar-refractivity contribution in [3.8, 4) is 0 Å². The predicted octanol–water partition coefficient (Wildman–Crippen LogP) is 1.16. The molecule has 188 valence electrons. The van der Waals surface area contributed by atoms with Gasteiger partial charge in [0.2, 0.25) is 5.91 Å². The van der Waals surface area contributed by atoms with Gasteiger partial charge < -0.3 is 15.7 Å². The Morgan fingerprint density at radius 2 is 1.63 bits per heavy atom. The van der Waals surface area contributed by atoms with Crippen LogP contribution < -0.4 is 15.4 Å². The van der Waals surface area contributed by atoms with Gasteiger partial charge in [-0.25, -0.2) is 13.1 Å². The molecule has 1 aliphatic carbocycles. The van der Waals surface area contributed by atoms with Crippen molar-refractivity contribution in [1.82, 2.24) is 20.3 Å². The molecule has 10 nitrogen and oxygen atoms in total. The molecule has 0 spiro atoms. The fourth-order valence-electron chi connectivity index (χ4n) is 3.84. The molecule has 1 saturated carbocycles. The van der Waals surface area contributed by atoms with Gasteiger partial charge in [-0.15, -0.1) is 0 Å². The Morgan fingerprint density at radius 3 is 2.26 bits per heavy atom. The van der Waals surface area contributed by atoms with E-state index >= 15 is 0 Å². The van der Waals surface area contributed by atoms with E-state index < -0.39 is 21.8 Å². The fourth-order valence-corrected chi connectivity index (χ4v) is 4.81. The molecule has 4 N–H and O–H groups in total. The second-order valence-corrected chi connectivity index (χ2v) is 10.0. The Labute approximate surface area is 204 Å². The maximum atomic E-state index is 12.6. The van der Waals surface area contributed by atoms with Crippen molar-refractivity contribution in [3.05, 3.63) is 59.4 Å². The molecule has 0 atom stereocenters. The minimum Gasteiger partial charge on any atom is -0.395 e. The molecule has 0 unspecified atom stereocenters. The summed E-state index contributed by atoms with van der Waals surface area (Å²) >= 11 is 0. The third-order valence-corrected chi connectivity index (χ3v) is 7.15. The minimum atomic E-state index is -4.12. The Morgan fingerprint density at radius 1 is 0.914 bits per heavy atom. The summed E-state index contributed by atoms with van der Waals surface area (Å²) in [7, 11) is -4.12. The van der Waals surface area contributed by atoms with Crippen LogP contribution in [0.1, 0.15) is 58.5 Å². The molecule has 1 aliphatic rings. The molecule has 0 bridgehead atoms. The highest BCUT2D eigenvalue weighted by Crippen LogP contribution is 2.23. The normalized spacial score (nSPS) is 14.2. The third kappa shape index (κ3) is 7.59. The second kappa shape index (κ2) is 12.4. The molecule has 1 aromatic heterocycles. The van der Waals surface area contributed by atoms with Gasteiger partial charge in [0, 0.05) is 25.2 Å². The summed E-state index contributed by atoms with van der Waals surface area (Å²) in [5, 5.41) is 14.1. The van der Waals surface area contributed by atoms with Crippen LogP contribution in [0.5, 0.6) is 0 Å². The lowest BCUT2D eigenvalue weighted by Crippen LogP contribution is -2.33. The molecule has 3 rings (SSSR count). The Hall–Kier alpha value is -3.31. The molecular weight excluding hydrogens is 472 g/mol. The van der Waals surface area contributed by atoms with Crippen LogP contribution in [0, 0.1) is 5.92 Å². The van der Waals surface area contributed by atoms with E-state index in [0.717, 1.165) is 37.4 Å². The number of nitrogens with one attached hydrogen (secondary N) is 3. The molecule has 11 heteroatoms. The average molecular weight is 503 g/mol. The number of hydrogen-bond donors (Lipinski definition) is 4. The summed E-state index contributed by atoms with van der Waals surface area (Å²) < 4.78 is 27.2. The first-order valence-electron chi connectivity index (χ1n) is 11.6. The van der Waals surface area contributed by atoms with E-state index in [2.05, 4.69) is 15.6 Å². The maximum absolute atomic E-state index is 12.6. The topological polar surface area (TPSA) is 155 Å². The van der Waals surface area contributed by atoms with Crippen molar-refractivity contribution in [2.45, 2.75) is 43.4 Å². The number of amides is 3. The summed E-state index contributed by atoms with van der Waals surface area (Å²) in [4.78, 5) is 40.2. The van der Waals surface area contributed by atoms with E-state index in [-0.39, 0.29) is 41.1 Å². The SMILES string of the molecule is O=C(NS(=O)(=O)c1ccc(CCNC(=O)C2CCCCC2)cc1)c1ccc(C(=O)NCCO)nc1. The number of nitrogens with zero attached hydrogens (tertiary/aromatic N) is 1. The number of carbonyl (C=O) groups is 3. The number of aromatic nitrogens is 1. The molecule has 1 aromatic carbocycles. The number of pyridine rings is 1. The third-order valence-electron chi connectivity index (χ3n) is 5.81. The standard InChI is InChI=1S/C24H30N4O6S/c29-15-14-26-24(32)21-11-8-19(16-27-21)23(31)28-35(33,34)20-9-6-17(7-10-20)12-13-25-22(30)18-4-2-1-3-5-18/h6-11,16,18,29H,1-5,12-15H2,(H,25,30)(H,26,32)(H,28,31). The lowest BCUT2D eigenvalue weighted by molar-refractivity contribution is -0.125. The Bertz CT molecular complexity index is 1130. The van der Waals surface area contributed by atoms with Crippen LogP contribution >= 0.6 is 0 Å². The second-order valence-electron chi connectivity index (χ2n) is 8.37. The summed E-state index contributed by atoms with van der Waals surface area (Å²) in [5.41, 5.74) is 0.861. The smallest absolute Gasteiger partial charge is 0.269 e. The van der Waals surface area contributed by atoms with Crippen molar-refractivity contribution in [2.24, 2.45) is 5.92 Å². The van der Waals surface area contributed by atoms with E-state index in [1.807, 2.05) is 4.72 Å². The highest BCUT2D eigenvalue weighted by atomic mass is 32.2. The van der Waals surface area contributed by atoms with Crippen molar-refractivity contribution in [2.75, 3.05) is 19.7 Å². The molecule has 0 radical (unpaired) electrons. The van der Waals surface area contributed by atoms with Crippen LogP contribution in [0.3, 0.4) is 0 Å². The van der Waals surface area contributed by atoms with Crippen molar-refractivity contribution >= 4 is 27.7 Å². The number of aliphatic hydroxyl groups excluding tert-OH is 1. The van der Waals surface area contributed by atoms with Gasteiger partial charge in [-0.05, 0) is 49.1 Å². The zero-order chi connectivity index (χ0) is 25.3. The van der Waals surface area contributed by atoms with Gasteiger partial charge >= 0.3 is 0 Å². The molecule has 0 saturated heterocycles. The first-order valence-corrected chi connectivity index (χ1v) is 13.1. The van der Waals surface area contributed by atoms with Crippen LogP contribution in [0.4, 0.5) is 0 Å². The monoisotopic (exact) mass is 502 g/mol. The largest absolute Gasteiger partial charge is 0.395 e. The maximum Gasteiger partial charge on any atom is 0.269 e. The molecule has 2 aromatic rings. The highest BCUT2D eigenvalue weighted by Gasteiger charge is 2.21. The van der Waals surface area contributed by atoms with Crippen molar-refractivity contribution in [1.29, 1.82) is 0 Å². The first kappa shape index (κ1) is 26.3. The van der Waals surface area contributed by atoms with E-state index in [4.69, 9.17) is 5.11 Å². The Kier molecular flexibility index (Phi) is 9.32. The molecule has 0 aliphatic heterocycles. The molecular formula is C24H30N4O6S. The van der Waals surface area contributed by atoms with Gasteiger partial charge in [0.05, 0.1) is 17.1 Å². The predicted molar refractivity (Wildman–Crippen MR) is 128 cm³/mol. The van der Waals surface area contributed by atoms with Gasteiger partial charge in [-0.3, -0.25) is 19.4 Å². The molecule has 3 amide bonds. The van der Waals surface area contributed by atoms with Crippen LogP contribution in [0.2, 0.25) is 0 Å². The number of carbonyl (C=O) groups excluding carboxylic acids is 3. The molecule has 1 fully saturated rings. The molecule has 35 heavy (non-hydrogen) atoms. The van der Waals surface area contributed by atoms with Crippen LogP contribution in [-0.2, 0) is 21.2 Å². The lowest BCUT2D eigenvalue weighted by Gasteiger charge is -2.20. The minimum absolute atomic E-state index is 0.0300. The van der Waals surface area contributed by atoms with Gasteiger partial charge in [-0.2, -0.15) is 0 Å². The summed E-state index contributed by atoms with van der Waals surface area (Å²) in [6.45, 7) is 0.316. The summed E-state index contributed by atoms with van der Waals surface area (Å²) in [6, 6.07) is 8.67. The van der Waals surface area contributed by atoms with Crippen LogP contribution in [0.25, 0.3) is 0 Å². The zero-order valence-corrected chi connectivity index (χ0v) is 20.1. The average Bonchev–Trinajstić information content (AvgIpc) is 2.88. The number of rotatable bonds is 10. The van der Waals surface area contributed by atoms with Gasteiger partial charge in [0.1, 0.15) is 5.69 Å². The zero-order valence-electron chi connectivity index (χ0n) is 19.3. The lowest BCUT2D eigenvalue weighted by atomic mass is 9.88. The number of benzene rings is 1. The van der Waals surface area contributed by atoms with Crippen LogP contribution in [-0.4, -0.2) is 55.9 Å². The molecule has 1 heterocycles. The van der Waals surface area contributed by atoms with Gasteiger partial charge in [0.25, 0.3) is 21.8 Å². The number of aliphatic hydroxyl groups is 1. The first-order chi connectivity index (χ1) is 16.8. The highest BCUT2D eigenvalue weighted by molar-refractivity contribution is 7.90. The van der Waals surface area contributed by atoms with E-state index in [1.165, 1.54) is 30.7 Å². The Balaban J connectivity index is 1.52. The van der Waals surface area contributed by atoms with Crippen molar-refractivity contribution < 1.29 is 27.9 Å². The van der Waals surface area contributed by atoms with E-state index in [0.29, 0.717) is 13.0 Å². The van der Waals surface area contributed by atoms with E-state index in [1.54, 1.807) is 12.1 Å². The number of hydrogen-bond acceptors (Lipinski definition) is 7. The van der Waals surface area contributed by atoms with Crippen molar-refractivity contribution in [3.63, 3.8) is 0 Å². The quantitative estimate of drug-likeness (QED) is 0.380. The van der Waals surface area contributed by atoms with E-state index in [9.17, 15) is 22.8 Å².